The predicted octanol–water partition coefficient (Wildman–Crippen LogP) is 2.24. The van der Waals surface area contributed by atoms with E-state index in [0.29, 0.717) is 0 Å². The van der Waals surface area contributed by atoms with Crippen LogP contribution in [0.2, 0.25) is 0 Å². The smallest absolute Gasteiger partial charge is 0.354 e. The number of hydrogen-bond donors (Lipinski definition) is 2. The fourth-order valence-corrected chi connectivity index (χ4v) is 2.68. The number of carbonyl (C=O) groups excluding carboxylic acids is 1. The molecule has 1 aromatic rings. The van der Waals surface area contributed by atoms with Crippen molar-refractivity contribution in [3.63, 3.8) is 0 Å². The Bertz CT molecular complexity index is 522. The van der Waals surface area contributed by atoms with Crippen LogP contribution in [0, 0.1) is 0 Å². The van der Waals surface area contributed by atoms with E-state index in [0.717, 1.165) is 16.7 Å². The molecule has 0 aromatic carbocycles. The number of halogens is 6. The molecule has 1 amide bonds. The van der Waals surface area contributed by atoms with Crippen LogP contribution in [0.25, 0.3) is 0 Å². The van der Waals surface area contributed by atoms with Gasteiger partial charge in [0.15, 0.2) is 5.69 Å². The van der Waals surface area contributed by atoms with E-state index in [9.17, 15) is 26.7 Å². The summed E-state index contributed by atoms with van der Waals surface area (Å²) in [6.45, 7) is -0.500. The lowest BCUT2D eigenvalue weighted by Gasteiger charge is -2.10. The quantitative estimate of drug-likeness (QED) is 0.805. The van der Waals surface area contributed by atoms with Crippen molar-refractivity contribution in [2.45, 2.75) is 31.0 Å². The van der Waals surface area contributed by atoms with Crippen LogP contribution in [0.4, 0.5) is 22.0 Å². The minimum atomic E-state index is -4.49. The number of aromatic nitrogens is 1. The molecule has 1 aromatic heterocycles. The van der Waals surface area contributed by atoms with Crippen molar-refractivity contribution in [2.75, 3.05) is 13.1 Å². The van der Waals surface area contributed by atoms with Crippen molar-refractivity contribution < 1.29 is 26.7 Å². The molecule has 0 bridgehead atoms. The second-order valence-corrected chi connectivity index (χ2v) is 5.60. The Morgan fingerprint density at radius 2 is 2.18 bits per heavy atom. The van der Waals surface area contributed by atoms with Crippen molar-refractivity contribution in [1.29, 1.82) is 0 Å². The first-order chi connectivity index (χ1) is 9.67. The molecule has 22 heavy (non-hydrogen) atoms. The average Bonchev–Trinajstić information content (AvgIpc) is 2.95. The third-order valence-electron chi connectivity index (χ3n) is 2.91. The topological polar surface area (TPSA) is 54.0 Å². The van der Waals surface area contributed by atoms with Gasteiger partial charge in [-0.15, -0.1) is 23.7 Å². The third-order valence-corrected chi connectivity index (χ3v) is 3.82. The normalized spacial score (nSPS) is 20.5. The van der Waals surface area contributed by atoms with Crippen LogP contribution >= 0.6 is 23.7 Å². The van der Waals surface area contributed by atoms with Crippen molar-refractivity contribution in [3.05, 3.63) is 16.1 Å². The molecular formula is C11H13ClF5N3OS. The summed E-state index contributed by atoms with van der Waals surface area (Å²) in [6.07, 6.45) is -4.94. The van der Waals surface area contributed by atoms with Gasteiger partial charge in [-0.25, -0.2) is 13.8 Å². The maximum absolute atomic E-state index is 12.9. The van der Waals surface area contributed by atoms with Gasteiger partial charge < -0.3 is 5.32 Å². The minimum Gasteiger partial charge on any atom is -0.354 e. The summed E-state index contributed by atoms with van der Waals surface area (Å²) in [5.41, 5.74) is -0.967. The zero-order chi connectivity index (χ0) is 15.7. The lowest BCUT2D eigenvalue weighted by Crippen LogP contribution is -2.41. The van der Waals surface area contributed by atoms with E-state index in [1.54, 1.807) is 0 Å². The van der Waals surface area contributed by atoms with Crippen molar-refractivity contribution >= 4 is 29.7 Å². The Morgan fingerprint density at radius 1 is 1.50 bits per heavy atom. The maximum atomic E-state index is 12.9. The molecule has 0 aliphatic carbocycles. The summed E-state index contributed by atoms with van der Waals surface area (Å²) in [4.78, 5) is 15.0. The summed E-state index contributed by atoms with van der Waals surface area (Å²) < 4.78 is 62.8. The summed E-state index contributed by atoms with van der Waals surface area (Å²) in [5.74, 6) is -3.49. The highest BCUT2D eigenvalue weighted by molar-refractivity contribution is 7.09. The van der Waals surface area contributed by atoms with Crippen molar-refractivity contribution in [3.8, 4) is 0 Å². The van der Waals surface area contributed by atoms with E-state index in [-0.39, 0.29) is 30.4 Å². The molecule has 1 fully saturated rings. The SMILES string of the molecule is Cl.O=C(NCCc1nc(C(F)(F)F)cs1)C1CC(F)(F)CN1. The molecule has 0 spiro atoms. The van der Waals surface area contributed by atoms with Gasteiger partial charge in [-0.2, -0.15) is 13.2 Å². The minimum absolute atomic E-state index is 0. The first-order valence-corrected chi connectivity index (χ1v) is 6.96. The Morgan fingerprint density at radius 3 is 2.68 bits per heavy atom. The number of rotatable bonds is 4. The van der Waals surface area contributed by atoms with Crippen LogP contribution in [0.3, 0.4) is 0 Å². The Balaban J connectivity index is 0.00000242. The van der Waals surface area contributed by atoms with Gasteiger partial charge in [0.1, 0.15) is 0 Å². The maximum Gasteiger partial charge on any atom is 0.434 e. The molecule has 2 heterocycles. The molecule has 2 rings (SSSR count). The monoisotopic (exact) mass is 365 g/mol. The Labute approximate surface area is 132 Å². The number of hydrogen-bond acceptors (Lipinski definition) is 4. The van der Waals surface area contributed by atoms with E-state index in [1.165, 1.54) is 0 Å². The van der Waals surface area contributed by atoms with Gasteiger partial charge in [-0.05, 0) is 0 Å². The summed E-state index contributed by atoms with van der Waals surface area (Å²) in [7, 11) is 0. The second kappa shape index (κ2) is 7.05. The van der Waals surface area contributed by atoms with E-state index in [2.05, 4.69) is 15.6 Å². The Kier molecular flexibility index (Phi) is 6.10. The Hall–Kier alpha value is -1.00. The van der Waals surface area contributed by atoms with Gasteiger partial charge >= 0.3 is 6.18 Å². The number of carbonyl (C=O) groups is 1. The highest BCUT2D eigenvalue weighted by atomic mass is 35.5. The number of nitrogens with zero attached hydrogens (tertiary/aromatic N) is 1. The lowest BCUT2D eigenvalue weighted by molar-refractivity contribution is -0.140. The fourth-order valence-electron chi connectivity index (χ4n) is 1.87. The van der Waals surface area contributed by atoms with Crippen LogP contribution in [0.1, 0.15) is 17.1 Å². The molecule has 0 radical (unpaired) electrons. The summed E-state index contributed by atoms with van der Waals surface area (Å²) in [5, 5.41) is 5.93. The van der Waals surface area contributed by atoms with E-state index >= 15 is 0 Å². The molecule has 11 heteroatoms. The second-order valence-electron chi connectivity index (χ2n) is 4.66. The van der Waals surface area contributed by atoms with Crippen LogP contribution in [0.5, 0.6) is 0 Å². The van der Waals surface area contributed by atoms with Crippen LogP contribution in [-0.2, 0) is 17.4 Å². The van der Waals surface area contributed by atoms with Gasteiger partial charge in [0.25, 0.3) is 5.92 Å². The van der Waals surface area contributed by atoms with Crippen molar-refractivity contribution in [1.82, 2.24) is 15.6 Å². The first-order valence-electron chi connectivity index (χ1n) is 6.08. The zero-order valence-electron chi connectivity index (χ0n) is 11.0. The molecule has 1 atom stereocenters. The molecule has 1 saturated heterocycles. The fraction of sp³-hybridized carbons (Fsp3) is 0.636. The molecule has 1 unspecified atom stereocenters. The number of alkyl halides is 5. The van der Waals surface area contributed by atoms with Gasteiger partial charge in [0.05, 0.1) is 17.6 Å². The highest BCUT2D eigenvalue weighted by Gasteiger charge is 2.42. The first kappa shape index (κ1) is 19.0. The number of thiazole rings is 1. The van der Waals surface area contributed by atoms with Gasteiger partial charge in [-0.1, -0.05) is 0 Å². The third kappa shape index (κ3) is 5.03. The predicted molar refractivity (Wildman–Crippen MR) is 72.4 cm³/mol. The molecular weight excluding hydrogens is 353 g/mol. The van der Waals surface area contributed by atoms with E-state index in [4.69, 9.17) is 0 Å². The van der Waals surface area contributed by atoms with Gasteiger partial charge in [0.2, 0.25) is 5.91 Å². The summed E-state index contributed by atoms with van der Waals surface area (Å²) in [6, 6.07) is -0.970. The zero-order valence-corrected chi connectivity index (χ0v) is 12.7. The van der Waals surface area contributed by atoms with Crippen LogP contribution in [-0.4, -0.2) is 35.9 Å². The molecule has 2 N–H and O–H groups in total. The highest BCUT2D eigenvalue weighted by Crippen LogP contribution is 2.30. The van der Waals surface area contributed by atoms with E-state index in [1.807, 2.05) is 0 Å². The average molecular weight is 366 g/mol. The standard InChI is InChI=1S/C11H12F5N3OS.ClH/c12-10(13)3-6(18-5-10)9(20)17-2-1-8-19-7(4-21-8)11(14,15)16;/h4,6,18H,1-3,5H2,(H,17,20);1H. The van der Waals surface area contributed by atoms with Crippen LogP contribution < -0.4 is 10.6 Å². The van der Waals surface area contributed by atoms with Gasteiger partial charge in [-0.3, -0.25) is 10.1 Å². The number of nitrogens with one attached hydrogen (secondary N) is 2. The molecule has 126 valence electrons. The lowest BCUT2D eigenvalue weighted by atomic mass is 10.2. The molecule has 0 saturated carbocycles. The molecule has 4 nitrogen and oxygen atoms in total. The number of amides is 1. The summed E-state index contributed by atoms with van der Waals surface area (Å²) >= 11 is 0.842. The van der Waals surface area contributed by atoms with Crippen molar-refractivity contribution in [2.24, 2.45) is 0 Å². The van der Waals surface area contributed by atoms with Gasteiger partial charge in [0, 0.05) is 24.8 Å². The molecule has 1 aliphatic heterocycles. The van der Waals surface area contributed by atoms with E-state index < -0.39 is 42.7 Å². The van der Waals surface area contributed by atoms with Crippen LogP contribution in [0.15, 0.2) is 5.38 Å². The largest absolute Gasteiger partial charge is 0.434 e. The molecule has 1 aliphatic rings.